The Morgan fingerprint density at radius 2 is 2.11 bits per heavy atom. The van der Waals surface area contributed by atoms with Crippen LogP contribution in [0.2, 0.25) is 0 Å². The van der Waals surface area contributed by atoms with Crippen LogP contribution >= 0.6 is 0 Å². The Morgan fingerprint density at radius 1 is 1.29 bits per heavy atom. The first kappa shape index (κ1) is 19.0. The third kappa shape index (κ3) is 3.80. The normalized spacial score (nSPS) is 26.5. The van der Waals surface area contributed by atoms with E-state index in [1.807, 2.05) is 32.0 Å². The van der Waals surface area contributed by atoms with Gasteiger partial charge in [0.15, 0.2) is 0 Å². The Morgan fingerprint density at radius 3 is 2.82 bits per heavy atom. The van der Waals surface area contributed by atoms with E-state index in [2.05, 4.69) is 16.0 Å². The molecular formula is C20H26N4O4. The SMILES string of the molecule is CC1(C)N[C@H](CNCc2ccc3c(c2)C(=O)N(C2CCC(=O)NC2=O)C3)CO1. The van der Waals surface area contributed by atoms with Gasteiger partial charge in [-0.25, -0.2) is 0 Å². The third-order valence-corrected chi connectivity index (χ3v) is 5.51. The molecule has 2 saturated heterocycles. The van der Waals surface area contributed by atoms with Crippen LogP contribution in [-0.2, 0) is 27.4 Å². The van der Waals surface area contributed by atoms with Crippen LogP contribution in [0.1, 0.15) is 48.2 Å². The van der Waals surface area contributed by atoms with E-state index in [4.69, 9.17) is 4.74 Å². The first-order valence-electron chi connectivity index (χ1n) is 9.71. The van der Waals surface area contributed by atoms with Gasteiger partial charge in [-0.15, -0.1) is 0 Å². The third-order valence-electron chi connectivity index (χ3n) is 5.51. The Labute approximate surface area is 164 Å². The summed E-state index contributed by atoms with van der Waals surface area (Å²) in [5.41, 5.74) is 2.31. The van der Waals surface area contributed by atoms with E-state index in [0.717, 1.165) is 17.7 Å². The average Bonchev–Trinajstić information content (AvgIpc) is 3.15. The number of carbonyl (C=O) groups is 3. The molecule has 3 aliphatic heterocycles. The zero-order valence-electron chi connectivity index (χ0n) is 16.2. The second kappa shape index (κ2) is 7.27. The molecule has 2 atom stereocenters. The minimum Gasteiger partial charge on any atom is -0.360 e. The van der Waals surface area contributed by atoms with Gasteiger partial charge in [0.25, 0.3) is 5.91 Å². The Bertz CT molecular complexity index is 822. The molecule has 150 valence electrons. The van der Waals surface area contributed by atoms with Gasteiger partial charge in [0.2, 0.25) is 11.8 Å². The van der Waals surface area contributed by atoms with E-state index < -0.39 is 6.04 Å². The molecule has 0 bridgehead atoms. The summed E-state index contributed by atoms with van der Waals surface area (Å²) in [6.07, 6.45) is 0.646. The average molecular weight is 386 g/mol. The van der Waals surface area contributed by atoms with Gasteiger partial charge in [-0.05, 0) is 37.5 Å². The number of ether oxygens (including phenoxy) is 1. The summed E-state index contributed by atoms with van der Waals surface area (Å²) in [7, 11) is 0. The minimum absolute atomic E-state index is 0.140. The summed E-state index contributed by atoms with van der Waals surface area (Å²) >= 11 is 0. The van der Waals surface area contributed by atoms with Gasteiger partial charge in [0.05, 0.1) is 6.61 Å². The molecule has 0 aromatic heterocycles. The van der Waals surface area contributed by atoms with Crippen molar-refractivity contribution in [2.75, 3.05) is 13.2 Å². The lowest BCUT2D eigenvalue weighted by Gasteiger charge is -2.29. The van der Waals surface area contributed by atoms with E-state index in [0.29, 0.717) is 31.7 Å². The molecule has 0 radical (unpaired) electrons. The number of imide groups is 1. The number of nitrogens with zero attached hydrogens (tertiary/aromatic N) is 1. The highest BCUT2D eigenvalue weighted by atomic mass is 16.5. The highest BCUT2D eigenvalue weighted by Crippen LogP contribution is 2.28. The van der Waals surface area contributed by atoms with Crippen LogP contribution in [0.15, 0.2) is 18.2 Å². The summed E-state index contributed by atoms with van der Waals surface area (Å²) in [4.78, 5) is 37.9. The van der Waals surface area contributed by atoms with Crippen molar-refractivity contribution in [3.63, 3.8) is 0 Å². The largest absolute Gasteiger partial charge is 0.360 e. The number of benzene rings is 1. The van der Waals surface area contributed by atoms with Gasteiger partial charge in [-0.2, -0.15) is 0 Å². The van der Waals surface area contributed by atoms with Crippen LogP contribution in [0.3, 0.4) is 0 Å². The highest BCUT2D eigenvalue weighted by Gasteiger charge is 2.39. The fraction of sp³-hybridized carbons (Fsp3) is 0.550. The molecule has 8 heteroatoms. The molecular weight excluding hydrogens is 360 g/mol. The quantitative estimate of drug-likeness (QED) is 0.628. The van der Waals surface area contributed by atoms with Crippen molar-refractivity contribution in [3.8, 4) is 0 Å². The van der Waals surface area contributed by atoms with Crippen molar-refractivity contribution in [1.82, 2.24) is 20.9 Å². The number of carbonyl (C=O) groups excluding carboxylic acids is 3. The molecule has 0 aliphatic carbocycles. The fourth-order valence-electron chi connectivity index (χ4n) is 4.10. The zero-order valence-corrected chi connectivity index (χ0v) is 16.2. The topological polar surface area (TPSA) is 99.8 Å². The van der Waals surface area contributed by atoms with Gasteiger partial charge < -0.3 is 15.0 Å². The summed E-state index contributed by atoms with van der Waals surface area (Å²) in [5, 5.41) is 9.14. The molecule has 3 heterocycles. The molecule has 4 rings (SSSR count). The Balaban J connectivity index is 1.36. The predicted molar refractivity (Wildman–Crippen MR) is 101 cm³/mol. The monoisotopic (exact) mass is 386 g/mol. The van der Waals surface area contributed by atoms with Crippen molar-refractivity contribution in [1.29, 1.82) is 0 Å². The molecule has 0 saturated carbocycles. The molecule has 3 amide bonds. The van der Waals surface area contributed by atoms with Gasteiger partial charge in [0.1, 0.15) is 11.8 Å². The Hall–Kier alpha value is -2.29. The molecule has 1 unspecified atom stereocenters. The van der Waals surface area contributed by atoms with Crippen LogP contribution in [-0.4, -0.2) is 53.6 Å². The number of amides is 3. The second-order valence-electron chi connectivity index (χ2n) is 8.18. The van der Waals surface area contributed by atoms with Crippen molar-refractivity contribution in [3.05, 3.63) is 34.9 Å². The maximum absolute atomic E-state index is 12.8. The lowest BCUT2D eigenvalue weighted by molar-refractivity contribution is -0.136. The first-order valence-corrected chi connectivity index (χ1v) is 9.71. The molecule has 28 heavy (non-hydrogen) atoms. The van der Waals surface area contributed by atoms with Gasteiger partial charge in [-0.1, -0.05) is 12.1 Å². The summed E-state index contributed by atoms with van der Waals surface area (Å²) < 4.78 is 5.66. The molecule has 2 fully saturated rings. The molecule has 1 aromatic rings. The number of hydrogen-bond donors (Lipinski definition) is 3. The fourth-order valence-corrected chi connectivity index (χ4v) is 4.10. The molecule has 1 aromatic carbocycles. The molecule has 3 N–H and O–H groups in total. The van der Waals surface area contributed by atoms with Crippen molar-refractivity contribution < 1.29 is 19.1 Å². The summed E-state index contributed by atoms with van der Waals surface area (Å²) in [6, 6.07) is 5.55. The standard InChI is InChI=1S/C20H26N4O4/c1-20(2)23-14(11-28-20)9-21-8-12-3-4-13-10-24(19(27)15(13)7-12)16-5-6-17(25)22-18(16)26/h3-4,7,14,16,21,23H,5-6,8-11H2,1-2H3,(H,22,25,26)/t14-,16?/m1/s1. The lowest BCUT2D eigenvalue weighted by Crippen LogP contribution is -2.52. The van der Waals surface area contributed by atoms with Gasteiger partial charge >= 0.3 is 0 Å². The Kier molecular flexibility index (Phi) is 4.95. The van der Waals surface area contributed by atoms with E-state index in [1.54, 1.807) is 4.90 Å². The van der Waals surface area contributed by atoms with E-state index in [-0.39, 0.29) is 35.9 Å². The van der Waals surface area contributed by atoms with Crippen LogP contribution < -0.4 is 16.0 Å². The number of hydrogen-bond acceptors (Lipinski definition) is 6. The van der Waals surface area contributed by atoms with Gasteiger partial charge in [0, 0.05) is 37.7 Å². The molecule has 8 nitrogen and oxygen atoms in total. The molecule has 0 spiro atoms. The zero-order chi connectivity index (χ0) is 19.9. The van der Waals surface area contributed by atoms with Crippen molar-refractivity contribution >= 4 is 17.7 Å². The number of rotatable bonds is 5. The van der Waals surface area contributed by atoms with Crippen molar-refractivity contribution in [2.45, 2.75) is 57.6 Å². The maximum atomic E-state index is 12.8. The first-order chi connectivity index (χ1) is 13.3. The van der Waals surface area contributed by atoms with Crippen LogP contribution in [0.4, 0.5) is 0 Å². The van der Waals surface area contributed by atoms with Gasteiger partial charge in [-0.3, -0.25) is 25.0 Å². The smallest absolute Gasteiger partial charge is 0.255 e. The molecule has 3 aliphatic rings. The lowest BCUT2D eigenvalue weighted by atomic mass is 10.0. The van der Waals surface area contributed by atoms with Crippen LogP contribution in [0, 0.1) is 0 Å². The predicted octanol–water partition coefficient (Wildman–Crippen LogP) is 0.262. The van der Waals surface area contributed by atoms with E-state index in [1.165, 1.54) is 0 Å². The number of nitrogens with one attached hydrogen (secondary N) is 3. The minimum atomic E-state index is -0.573. The van der Waals surface area contributed by atoms with Crippen LogP contribution in [0.5, 0.6) is 0 Å². The maximum Gasteiger partial charge on any atom is 0.255 e. The highest BCUT2D eigenvalue weighted by molar-refractivity contribution is 6.05. The van der Waals surface area contributed by atoms with E-state index >= 15 is 0 Å². The van der Waals surface area contributed by atoms with E-state index in [9.17, 15) is 14.4 Å². The van der Waals surface area contributed by atoms with Crippen LogP contribution in [0.25, 0.3) is 0 Å². The summed E-state index contributed by atoms with van der Waals surface area (Å²) in [5.74, 6) is -0.795. The summed E-state index contributed by atoms with van der Waals surface area (Å²) in [6.45, 7) is 6.52. The second-order valence-corrected chi connectivity index (χ2v) is 8.18. The number of piperidine rings is 1. The van der Waals surface area contributed by atoms with Crippen molar-refractivity contribution in [2.24, 2.45) is 0 Å². The number of fused-ring (bicyclic) bond motifs is 1.